The quantitative estimate of drug-likeness (QED) is 0.609. The Morgan fingerprint density at radius 3 is 2.93 bits per heavy atom. The molecule has 0 radical (unpaired) electrons. The van der Waals surface area contributed by atoms with Crippen LogP contribution in [-0.4, -0.2) is 22.8 Å². The molecule has 0 spiro atoms. The van der Waals surface area contributed by atoms with Gasteiger partial charge in [0, 0.05) is 12.1 Å². The number of nitrogens with one attached hydrogen (secondary N) is 1. The van der Waals surface area contributed by atoms with Crippen molar-refractivity contribution in [2.24, 2.45) is 0 Å². The number of carbonyl (C=O) groups excluding carboxylic acids is 1. The predicted molar refractivity (Wildman–Crippen MR) is 57.7 cm³/mol. The standard InChI is InChI=1S/C11H16N2O2/c1-4-15-11(14)10-7-9(12-13-10)6-5-8(2)3/h5,7H,4,6H2,1-3H3,(H,12,13). The molecule has 0 aliphatic carbocycles. The zero-order valence-corrected chi connectivity index (χ0v) is 9.33. The molecule has 1 rings (SSSR count). The number of aromatic amines is 1. The number of allylic oxidation sites excluding steroid dienone is 2. The minimum absolute atomic E-state index is 0.342. The molecule has 0 aromatic carbocycles. The van der Waals surface area contributed by atoms with Gasteiger partial charge in [0.05, 0.1) is 6.61 Å². The Morgan fingerprint density at radius 2 is 2.33 bits per heavy atom. The molecule has 82 valence electrons. The molecule has 0 atom stereocenters. The van der Waals surface area contributed by atoms with Crippen LogP contribution in [0.4, 0.5) is 0 Å². The highest BCUT2D eigenvalue weighted by Gasteiger charge is 2.10. The molecule has 0 aliphatic heterocycles. The summed E-state index contributed by atoms with van der Waals surface area (Å²) in [6.07, 6.45) is 2.83. The van der Waals surface area contributed by atoms with E-state index in [1.54, 1.807) is 13.0 Å². The summed E-state index contributed by atoms with van der Waals surface area (Å²) in [5.41, 5.74) is 2.50. The largest absolute Gasteiger partial charge is 0.461 e. The first-order valence-electron chi connectivity index (χ1n) is 4.98. The van der Waals surface area contributed by atoms with Crippen molar-refractivity contribution in [3.8, 4) is 0 Å². The van der Waals surface area contributed by atoms with Crippen molar-refractivity contribution >= 4 is 5.97 Å². The first kappa shape index (κ1) is 11.5. The smallest absolute Gasteiger partial charge is 0.358 e. The number of ether oxygens (including phenoxy) is 1. The van der Waals surface area contributed by atoms with Crippen LogP contribution < -0.4 is 0 Å². The van der Waals surface area contributed by atoms with Crippen LogP contribution in [0, 0.1) is 0 Å². The van der Waals surface area contributed by atoms with E-state index in [4.69, 9.17) is 4.74 Å². The minimum Gasteiger partial charge on any atom is -0.461 e. The van der Waals surface area contributed by atoms with Crippen LogP contribution in [0.2, 0.25) is 0 Å². The highest BCUT2D eigenvalue weighted by molar-refractivity contribution is 5.87. The monoisotopic (exact) mass is 208 g/mol. The molecule has 15 heavy (non-hydrogen) atoms. The van der Waals surface area contributed by atoms with Gasteiger partial charge in [0.2, 0.25) is 0 Å². The maximum absolute atomic E-state index is 11.3. The third kappa shape index (κ3) is 3.58. The van der Waals surface area contributed by atoms with Gasteiger partial charge in [-0.15, -0.1) is 0 Å². The van der Waals surface area contributed by atoms with Gasteiger partial charge in [-0.05, 0) is 26.8 Å². The second-order valence-corrected chi connectivity index (χ2v) is 3.48. The molecule has 1 heterocycles. The van der Waals surface area contributed by atoms with E-state index in [0.29, 0.717) is 12.3 Å². The molecule has 1 aromatic heterocycles. The third-order valence-electron chi connectivity index (χ3n) is 1.85. The van der Waals surface area contributed by atoms with Crippen LogP contribution in [0.3, 0.4) is 0 Å². The number of aromatic nitrogens is 2. The van der Waals surface area contributed by atoms with Gasteiger partial charge in [-0.2, -0.15) is 5.10 Å². The Hall–Kier alpha value is -1.58. The van der Waals surface area contributed by atoms with Crippen molar-refractivity contribution < 1.29 is 9.53 Å². The van der Waals surface area contributed by atoms with Gasteiger partial charge in [-0.25, -0.2) is 4.79 Å². The lowest BCUT2D eigenvalue weighted by atomic mass is 10.2. The summed E-state index contributed by atoms with van der Waals surface area (Å²) >= 11 is 0. The van der Waals surface area contributed by atoms with E-state index in [9.17, 15) is 4.79 Å². The van der Waals surface area contributed by atoms with Crippen molar-refractivity contribution in [2.45, 2.75) is 27.2 Å². The summed E-state index contributed by atoms with van der Waals surface area (Å²) in [6.45, 7) is 6.20. The molecular weight excluding hydrogens is 192 g/mol. The number of esters is 1. The lowest BCUT2D eigenvalue weighted by Gasteiger charge is -1.95. The number of carbonyl (C=O) groups is 1. The minimum atomic E-state index is -0.378. The Kier molecular flexibility index (Phi) is 4.09. The fraction of sp³-hybridized carbons (Fsp3) is 0.455. The van der Waals surface area contributed by atoms with E-state index in [1.807, 2.05) is 13.8 Å². The highest BCUT2D eigenvalue weighted by Crippen LogP contribution is 2.04. The van der Waals surface area contributed by atoms with Crippen LogP contribution in [0.25, 0.3) is 0 Å². The van der Waals surface area contributed by atoms with Gasteiger partial charge >= 0.3 is 5.97 Å². The Bertz CT molecular complexity index is 362. The fourth-order valence-electron chi connectivity index (χ4n) is 1.09. The summed E-state index contributed by atoms with van der Waals surface area (Å²) in [5, 5.41) is 6.69. The SMILES string of the molecule is CCOC(=O)c1cc(CC=C(C)C)[nH]n1. The molecule has 4 heteroatoms. The van der Waals surface area contributed by atoms with E-state index in [0.717, 1.165) is 12.1 Å². The summed E-state index contributed by atoms with van der Waals surface area (Å²) in [5.74, 6) is -0.378. The summed E-state index contributed by atoms with van der Waals surface area (Å²) in [6, 6.07) is 1.72. The van der Waals surface area contributed by atoms with Gasteiger partial charge in [0.15, 0.2) is 5.69 Å². The van der Waals surface area contributed by atoms with Crippen molar-refractivity contribution in [1.29, 1.82) is 0 Å². The average Bonchev–Trinajstić information content (AvgIpc) is 2.63. The Morgan fingerprint density at radius 1 is 1.60 bits per heavy atom. The average molecular weight is 208 g/mol. The molecule has 0 saturated heterocycles. The molecule has 0 saturated carbocycles. The fourth-order valence-corrected chi connectivity index (χ4v) is 1.09. The van der Waals surface area contributed by atoms with Crippen LogP contribution in [0.5, 0.6) is 0 Å². The van der Waals surface area contributed by atoms with Crippen LogP contribution in [0.15, 0.2) is 17.7 Å². The molecule has 0 amide bonds. The third-order valence-corrected chi connectivity index (χ3v) is 1.85. The number of H-pyrrole nitrogens is 1. The van der Waals surface area contributed by atoms with E-state index in [1.165, 1.54) is 5.57 Å². The maximum Gasteiger partial charge on any atom is 0.358 e. The lowest BCUT2D eigenvalue weighted by Crippen LogP contribution is -2.04. The summed E-state index contributed by atoms with van der Waals surface area (Å²) in [4.78, 5) is 11.3. The van der Waals surface area contributed by atoms with E-state index < -0.39 is 0 Å². The molecule has 0 unspecified atom stereocenters. The molecule has 0 fully saturated rings. The summed E-state index contributed by atoms with van der Waals surface area (Å²) < 4.78 is 4.83. The zero-order valence-electron chi connectivity index (χ0n) is 9.33. The molecule has 4 nitrogen and oxygen atoms in total. The topological polar surface area (TPSA) is 55.0 Å². The van der Waals surface area contributed by atoms with E-state index in [2.05, 4.69) is 16.3 Å². The van der Waals surface area contributed by atoms with Crippen molar-refractivity contribution in [3.05, 3.63) is 29.1 Å². The van der Waals surface area contributed by atoms with Gasteiger partial charge < -0.3 is 4.74 Å². The number of hydrogen-bond donors (Lipinski definition) is 1. The van der Waals surface area contributed by atoms with Crippen LogP contribution >= 0.6 is 0 Å². The molecular formula is C11H16N2O2. The first-order chi connectivity index (χ1) is 7.13. The van der Waals surface area contributed by atoms with Crippen molar-refractivity contribution in [1.82, 2.24) is 10.2 Å². The maximum atomic E-state index is 11.3. The van der Waals surface area contributed by atoms with E-state index >= 15 is 0 Å². The molecule has 1 aromatic rings. The second-order valence-electron chi connectivity index (χ2n) is 3.48. The Labute approximate surface area is 89.3 Å². The van der Waals surface area contributed by atoms with Gasteiger partial charge in [0.25, 0.3) is 0 Å². The molecule has 0 aliphatic rings. The number of nitrogens with zero attached hydrogens (tertiary/aromatic N) is 1. The predicted octanol–water partition coefficient (Wildman–Crippen LogP) is 2.10. The Balaban J connectivity index is 2.64. The van der Waals surface area contributed by atoms with Crippen molar-refractivity contribution in [2.75, 3.05) is 6.61 Å². The number of hydrogen-bond acceptors (Lipinski definition) is 3. The normalized spacial score (nSPS) is 9.80. The second kappa shape index (κ2) is 5.34. The zero-order chi connectivity index (χ0) is 11.3. The highest BCUT2D eigenvalue weighted by atomic mass is 16.5. The lowest BCUT2D eigenvalue weighted by molar-refractivity contribution is 0.0519. The van der Waals surface area contributed by atoms with E-state index in [-0.39, 0.29) is 5.97 Å². The van der Waals surface area contributed by atoms with Gasteiger partial charge in [-0.1, -0.05) is 11.6 Å². The van der Waals surface area contributed by atoms with Crippen LogP contribution in [-0.2, 0) is 11.2 Å². The van der Waals surface area contributed by atoms with Crippen molar-refractivity contribution in [3.63, 3.8) is 0 Å². The molecule has 1 N–H and O–H groups in total. The van der Waals surface area contributed by atoms with Gasteiger partial charge in [-0.3, -0.25) is 5.10 Å². The summed E-state index contributed by atoms with van der Waals surface area (Å²) in [7, 11) is 0. The molecule has 0 bridgehead atoms. The van der Waals surface area contributed by atoms with Gasteiger partial charge in [0.1, 0.15) is 0 Å². The van der Waals surface area contributed by atoms with Crippen LogP contribution in [0.1, 0.15) is 37.0 Å². The number of rotatable bonds is 4. The first-order valence-corrected chi connectivity index (χ1v) is 4.98.